The molecule has 0 N–H and O–H groups in total. The summed E-state index contributed by atoms with van der Waals surface area (Å²) in [6, 6.07) is 8.62. The molecule has 1 fully saturated rings. The number of aromatic nitrogens is 4. The molecule has 0 unspecified atom stereocenters. The number of halogens is 1. The van der Waals surface area contributed by atoms with E-state index in [1.807, 2.05) is 37.5 Å². The van der Waals surface area contributed by atoms with Crippen molar-refractivity contribution in [2.75, 3.05) is 36.0 Å². The molecular weight excluding hydrogens is 319 g/mol. The van der Waals surface area contributed by atoms with Crippen LogP contribution in [0.1, 0.15) is 5.56 Å². The highest BCUT2D eigenvalue weighted by Crippen LogP contribution is 2.20. The van der Waals surface area contributed by atoms with E-state index < -0.39 is 0 Å². The third-order valence-corrected chi connectivity index (χ3v) is 4.38. The minimum Gasteiger partial charge on any atom is -0.368 e. The van der Waals surface area contributed by atoms with Crippen molar-refractivity contribution in [2.24, 2.45) is 0 Å². The highest BCUT2D eigenvalue weighted by atomic mass is 19.1. The van der Waals surface area contributed by atoms with Gasteiger partial charge in [-0.2, -0.15) is 5.10 Å². The third-order valence-electron chi connectivity index (χ3n) is 4.38. The zero-order valence-corrected chi connectivity index (χ0v) is 14.0. The van der Waals surface area contributed by atoms with Gasteiger partial charge in [-0.05, 0) is 36.8 Å². The fraction of sp³-hybridized carbons (Fsp3) is 0.278. The molecule has 0 radical (unpaired) electrons. The van der Waals surface area contributed by atoms with Crippen LogP contribution in [-0.4, -0.2) is 45.9 Å². The fourth-order valence-corrected chi connectivity index (χ4v) is 3.02. The molecule has 128 valence electrons. The van der Waals surface area contributed by atoms with Crippen molar-refractivity contribution in [3.05, 3.63) is 60.4 Å². The molecule has 0 aliphatic carbocycles. The quantitative estimate of drug-likeness (QED) is 0.734. The van der Waals surface area contributed by atoms with Gasteiger partial charge < -0.3 is 9.80 Å². The molecule has 0 amide bonds. The molecule has 1 aliphatic rings. The molecule has 3 heterocycles. The van der Waals surface area contributed by atoms with Crippen LogP contribution in [0.15, 0.2) is 49.1 Å². The van der Waals surface area contributed by atoms with Crippen LogP contribution in [0.3, 0.4) is 0 Å². The van der Waals surface area contributed by atoms with Gasteiger partial charge in [0, 0.05) is 44.1 Å². The number of hydrogen-bond donors (Lipinski definition) is 0. The van der Waals surface area contributed by atoms with Crippen molar-refractivity contribution >= 4 is 11.5 Å². The first kappa shape index (κ1) is 15.6. The molecule has 7 heteroatoms. The average molecular weight is 338 g/mol. The first-order chi connectivity index (χ1) is 12.2. The lowest BCUT2D eigenvalue weighted by molar-refractivity contribution is 0.624. The Morgan fingerprint density at radius 1 is 0.920 bits per heavy atom. The molecule has 6 nitrogen and oxygen atoms in total. The summed E-state index contributed by atoms with van der Waals surface area (Å²) in [6.45, 7) is 5.44. The second-order valence-electron chi connectivity index (χ2n) is 6.15. The second kappa shape index (κ2) is 6.51. The zero-order valence-electron chi connectivity index (χ0n) is 14.0. The van der Waals surface area contributed by atoms with Crippen LogP contribution in [0, 0.1) is 12.7 Å². The summed E-state index contributed by atoms with van der Waals surface area (Å²) in [4.78, 5) is 13.2. The van der Waals surface area contributed by atoms with Gasteiger partial charge in [-0.25, -0.2) is 19.0 Å². The average Bonchev–Trinajstić information content (AvgIpc) is 3.09. The normalized spacial score (nSPS) is 14.8. The molecule has 0 saturated carbocycles. The van der Waals surface area contributed by atoms with Gasteiger partial charge in [0.25, 0.3) is 0 Å². The van der Waals surface area contributed by atoms with Crippen molar-refractivity contribution in [3.8, 4) is 5.82 Å². The largest absolute Gasteiger partial charge is 0.368 e. The van der Waals surface area contributed by atoms with E-state index in [-0.39, 0.29) is 5.82 Å². The maximum absolute atomic E-state index is 13.1. The molecule has 3 aromatic rings. The molecule has 0 bridgehead atoms. The van der Waals surface area contributed by atoms with Crippen LogP contribution in [0.5, 0.6) is 0 Å². The molecule has 1 aromatic carbocycles. The Labute approximate surface area is 145 Å². The van der Waals surface area contributed by atoms with Crippen LogP contribution in [0.2, 0.25) is 0 Å². The van der Waals surface area contributed by atoms with Gasteiger partial charge in [-0.3, -0.25) is 0 Å². The van der Waals surface area contributed by atoms with E-state index in [4.69, 9.17) is 0 Å². The van der Waals surface area contributed by atoms with Crippen molar-refractivity contribution in [2.45, 2.75) is 6.92 Å². The van der Waals surface area contributed by atoms with Gasteiger partial charge >= 0.3 is 0 Å². The highest BCUT2D eigenvalue weighted by Gasteiger charge is 2.19. The molecule has 2 aromatic heterocycles. The molecular formula is C18H19FN6. The Morgan fingerprint density at radius 3 is 2.28 bits per heavy atom. The standard InChI is InChI=1S/C18H19FN6/c1-14-11-22-25(12-14)18-10-17(20-13-21-18)24-8-6-23(7-9-24)16-4-2-15(19)3-5-16/h2-5,10-13H,6-9H2,1H3. The van der Waals surface area contributed by atoms with Crippen molar-refractivity contribution in [1.29, 1.82) is 0 Å². The Hall–Kier alpha value is -2.96. The Morgan fingerprint density at radius 2 is 1.60 bits per heavy atom. The van der Waals surface area contributed by atoms with Crippen molar-refractivity contribution in [1.82, 2.24) is 19.7 Å². The summed E-state index contributed by atoms with van der Waals surface area (Å²) in [5.74, 6) is 1.46. The number of anilines is 2. The monoisotopic (exact) mass is 338 g/mol. The van der Waals surface area contributed by atoms with Crippen LogP contribution in [-0.2, 0) is 0 Å². The van der Waals surface area contributed by atoms with Gasteiger partial charge in [0.05, 0.1) is 6.20 Å². The SMILES string of the molecule is Cc1cnn(-c2cc(N3CCN(c4ccc(F)cc4)CC3)ncn2)c1. The Kier molecular flexibility index (Phi) is 4.05. The summed E-state index contributed by atoms with van der Waals surface area (Å²) >= 11 is 0. The Bertz CT molecular complexity index is 852. The minimum atomic E-state index is -0.204. The molecule has 1 saturated heterocycles. The molecule has 0 spiro atoms. The number of hydrogen-bond acceptors (Lipinski definition) is 5. The van der Waals surface area contributed by atoms with Crippen LogP contribution >= 0.6 is 0 Å². The third kappa shape index (κ3) is 3.31. The summed E-state index contributed by atoms with van der Waals surface area (Å²) in [7, 11) is 0. The number of aryl methyl sites for hydroxylation is 1. The smallest absolute Gasteiger partial charge is 0.158 e. The molecule has 0 atom stereocenters. The van der Waals surface area contributed by atoms with E-state index >= 15 is 0 Å². The molecule has 4 rings (SSSR count). The predicted octanol–water partition coefficient (Wildman–Crippen LogP) is 2.44. The highest BCUT2D eigenvalue weighted by molar-refractivity contribution is 5.50. The summed E-state index contributed by atoms with van der Waals surface area (Å²) in [5.41, 5.74) is 2.14. The minimum absolute atomic E-state index is 0.204. The second-order valence-corrected chi connectivity index (χ2v) is 6.15. The topological polar surface area (TPSA) is 50.1 Å². The van der Waals surface area contributed by atoms with Gasteiger partial charge in [0.1, 0.15) is 18.0 Å². The summed E-state index contributed by atoms with van der Waals surface area (Å²) in [5, 5.41) is 4.30. The lowest BCUT2D eigenvalue weighted by Gasteiger charge is -2.36. The number of piperazine rings is 1. The lowest BCUT2D eigenvalue weighted by Crippen LogP contribution is -2.46. The van der Waals surface area contributed by atoms with Gasteiger partial charge in [-0.1, -0.05) is 0 Å². The number of benzene rings is 1. The fourth-order valence-electron chi connectivity index (χ4n) is 3.02. The Balaban J connectivity index is 1.46. The van der Waals surface area contributed by atoms with Crippen LogP contribution < -0.4 is 9.80 Å². The summed E-state index contributed by atoms with van der Waals surface area (Å²) < 4.78 is 14.8. The van der Waals surface area contributed by atoms with E-state index in [0.717, 1.165) is 49.1 Å². The first-order valence-corrected chi connectivity index (χ1v) is 8.28. The molecule has 25 heavy (non-hydrogen) atoms. The van der Waals surface area contributed by atoms with Crippen molar-refractivity contribution < 1.29 is 4.39 Å². The van der Waals surface area contributed by atoms with Gasteiger partial charge in [0.15, 0.2) is 5.82 Å². The maximum Gasteiger partial charge on any atom is 0.158 e. The van der Waals surface area contributed by atoms with E-state index in [9.17, 15) is 4.39 Å². The molecule has 1 aliphatic heterocycles. The van der Waals surface area contributed by atoms with Crippen LogP contribution in [0.4, 0.5) is 15.9 Å². The van der Waals surface area contributed by atoms with E-state index in [1.54, 1.807) is 11.0 Å². The number of rotatable bonds is 3. The first-order valence-electron chi connectivity index (χ1n) is 8.28. The number of nitrogens with zero attached hydrogens (tertiary/aromatic N) is 6. The predicted molar refractivity (Wildman–Crippen MR) is 94.7 cm³/mol. The summed E-state index contributed by atoms with van der Waals surface area (Å²) in [6.07, 6.45) is 5.33. The van der Waals surface area contributed by atoms with Crippen LogP contribution in [0.25, 0.3) is 5.82 Å². The van der Waals surface area contributed by atoms with Gasteiger partial charge in [0.2, 0.25) is 0 Å². The van der Waals surface area contributed by atoms with Crippen molar-refractivity contribution in [3.63, 3.8) is 0 Å². The van der Waals surface area contributed by atoms with Gasteiger partial charge in [-0.15, -0.1) is 0 Å². The zero-order chi connectivity index (χ0) is 17.2. The van der Waals surface area contributed by atoms with E-state index in [1.165, 1.54) is 12.1 Å². The maximum atomic E-state index is 13.1. The lowest BCUT2D eigenvalue weighted by atomic mass is 10.2. The van der Waals surface area contributed by atoms with E-state index in [0.29, 0.717) is 0 Å². The van der Waals surface area contributed by atoms with E-state index in [2.05, 4.69) is 24.9 Å².